The summed E-state index contributed by atoms with van der Waals surface area (Å²) in [6, 6.07) is 3.55. The van der Waals surface area contributed by atoms with E-state index >= 15 is 0 Å². The maximum atomic E-state index is 5.41. The van der Waals surface area contributed by atoms with Gasteiger partial charge in [-0.1, -0.05) is 12.2 Å². The van der Waals surface area contributed by atoms with Gasteiger partial charge in [-0.15, -0.1) is 0 Å². The fraction of sp³-hybridized carbons (Fsp3) is 0. The van der Waals surface area contributed by atoms with Crippen molar-refractivity contribution in [2.24, 2.45) is 5.73 Å². The second-order valence-corrected chi connectivity index (χ2v) is 2.76. The third-order valence-corrected chi connectivity index (χ3v) is 1.70. The zero-order valence-corrected chi connectivity index (χ0v) is 6.95. The largest absolute Gasteiger partial charge is 0.388 e. The molecule has 0 atom stereocenters. The Balaban J connectivity index is 2.70. The number of hydrogen-bond acceptors (Lipinski definition) is 3. The Morgan fingerprint density at radius 2 is 2.42 bits per heavy atom. The van der Waals surface area contributed by atoms with E-state index in [4.69, 9.17) is 18.0 Å². The predicted octanol–water partition coefficient (Wildman–Crippen LogP) is 0.364. The van der Waals surface area contributed by atoms with Gasteiger partial charge in [-0.3, -0.25) is 0 Å². The van der Waals surface area contributed by atoms with Gasteiger partial charge in [0.15, 0.2) is 5.65 Å². The van der Waals surface area contributed by atoms with Crippen LogP contribution in [0.1, 0.15) is 5.69 Å². The first kappa shape index (κ1) is 7.17. The molecule has 12 heavy (non-hydrogen) atoms. The van der Waals surface area contributed by atoms with E-state index in [2.05, 4.69) is 10.1 Å². The molecule has 0 bridgehead atoms. The molecule has 2 rings (SSSR count). The van der Waals surface area contributed by atoms with E-state index in [9.17, 15) is 0 Å². The number of aromatic nitrogens is 3. The van der Waals surface area contributed by atoms with Crippen molar-refractivity contribution in [1.82, 2.24) is 14.6 Å². The first-order valence-electron chi connectivity index (χ1n) is 3.37. The average molecular weight is 178 g/mol. The van der Waals surface area contributed by atoms with Gasteiger partial charge in [-0.05, 0) is 6.07 Å². The predicted molar refractivity (Wildman–Crippen MR) is 48.9 cm³/mol. The molecule has 0 aliphatic heterocycles. The summed E-state index contributed by atoms with van der Waals surface area (Å²) in [6.07, 6.45) is 3.49. The van der Waals surface area contributed by atoms with Crippen molar-refractivity contribution in [2.75, 3.05) is 0 Å². The highest BCUT2D eigenvalue weighted by atomic mass is 32.1. The smallest absolute Gasteiger partial charge is 0.155 e. The molecule has 0 aliphatic rings. The molecular weight excluding hydrogens is 172 g/mol. The summed E-state index contributed by atoms with van der Waals surface area (Å²) in [5.41, 5.74) is 6.76. The maximum absolute atomic E-state index is 5.41. The van der Waals surface area contributed by atoms with E-state index in [-0.39, 0.29) is 0 Å². The van der Waals surface area contributed by atoms with Crippen LogP contribution in [0.25, 0.3) is 5.65 Å². The van der Waals surface area contributed by atoms with Crippen LogP contribution in [0.4, 0.5) is 0 Å². The molecule has 4 nitrogen and oxygen atoms in total. The molecular formula is C7H6N4S. The first-order valence-corrected chi connectivity index (χ1v) is 3.78. The summed E-state index contributed by atoms with van der Waals surface area (Å²) in [4.78, 5) is 4.36. The summed E-state index contributed by atoms with van der Waals surface area (Å²) in [6.45, 7) is 0. The van der Waals surface area contributed by atoms with Crippen LogP contribution >= 0.6 is 12.2 Å². The lowest BCUT2D eigenvalue weighted by Crippen LogP contribution is -2.09. The minimum atomic E-state index is 0.292. The van der Waals surface area contributed by atoms with Crippen LogP contribution in [0.15, 0.2) is 24.5 Å². The number of nitrogens with two attached hydrogens (primary N) is 1. The number of nitrogens with zero attached hydrogens (tertiary/aromatic N) is 3. The fourth-order valence-electron chi connectivity index (χ4n) is 0.951. The van der Waals surface area contributed by atoms with E-state index in [0.717, 1.165) is 5.65 Å². The Morgan fingerprint density at radius 1 is 1.58 bits per heavy atom. The van der Waals surface area contributed by atoms with Crippen LogP contribution in [0.2, 0.25) is 0 Å². The Hall–Kier alpha value is -1.49. The number of thiocarbonyl (C=S) groups is 1. The normalized spacial score (nSPS) is 10.3. The number of fused-ring (bicyclic) bond motifs is 1. The van der Waals surface area contributed by atoms with Gasteiger partial charge in [0, 0.05) is 18.5 Å². The molecule has 0 aliphatic carbocycles. The lowest BCUT2D eigenvalue weighted by atomic mass is 10.4. The lowest BCUT2D eigenvalue weighted by Gasteiger charge is -1.87. The highest BCUT2D eigenvalue weighted by Crippen LogP contribution is 2.01. The average Bonchev–Trinajstić information content (AvgIpc) is 2.46. The molecule has 2 aromatic heterocycles. The van der Waals surface area contributed by atoms with Gasteiger partial charge < -0.3 is 5.73 Å². The van der Waals surface area contributed by atoms with E-state index in [1.54, 1.807) is 29.0 Å². The molecule has 0 saturated heterocycles. The molecule has 2 N–H and O–H groups in total. The summed E-state index contributed by atoms with van der Waals surface area (Å²) in [5, 5.41) is 4.10. The Labute approximate surface area is 74.0 Å². The maximum Gasteiger partial charge on any atom is 0.155 e. The van der Waals surface area contributed by atoms with E-state index < -0.39 is 0 Å². The molecule has 0 amide bonds. The van der Waals surface area contributed by atoms with E-state index in [1.165, 1.54) is 0 Å². The van der Waals surface area contributed by atoms with Crippen LogP contribution in [0.5, 0.6) is 0 Å². The minimum absolute atomic E-state index is 0.292. The van der Waals surface area contributed by atoms with Gasteiger partial charge in [0.2, 0.25) is 0 Å². The van der Waals surface area contributed by atoms with Crippen molar-refractivity contribution in [2.45, 2.75) is 0 Å². The second-order valence-electron chi connectivity index (χ2n) is 2.32. The molecule has 60 valence electrons. The van der Waals surface area contributed by atoms with Crippen molar-refractivity contribution in [3.05, 3.63) is 30.2 Å². The molecule has 2 aromatic rings. The lowest BCUT2D eigenvalue weighted by molar-refractivity contribution is 0.934. The highest BCUT2D eigenvalue weighted by molar-refractivity contribution is 7.80. The molecule has 2 heterocycles. The van der Waals surface area contributed by atoms with E-state index in [0.29, 0.717) is 10.7 Å². The van der Waals surface area contributed by atoms with Gasteiger partial charge in [0.1, 0.15) is 10.7 Å². The molecule has 0 spiro atoms. The first-order chi connectivity index (χ1) is 5.77. The van der Waals surface area contributed by atoms with Crippen LogP contribution in [-0.4, -0.2) is 19.6 Å². The molecule has 0 radical (unpaired) electrons. The van der Waals surface area contributed by atoms with Gasteiger partial charge in [-0.25, -0.2) is 9.50 Å². The molecule has 5 heteroatoms. The van der Waals surface area contributed by atoms with Gasteiger partial charge in [-0.2, -0.15) is 5.10 Å². The monoisotopic (exact) mass is 178 g/mol. The highest BCUT2D eigenvalue weighted by Gasteiger charge is 2.02. The topological polar surface area (TPSA) is 56.2 Å². The molecule has 0 saturated carbocycles. The Bertz CT molecular complexity index is 401. The molecule has 0 unspecified atom stereocenters. The van der Waals surface area contributed by atoms with Gasteiger partial charge in [0.05, 0.1) is 0 Å². The third kappa shape index (κ3) is 1.04. The quantitative estimate of drug-likeness (QED) is 0.641. The summed E-state index contributed by atoms with van der Waals surface area (Å²) >= 11 is 4.78. The van der Waals surface area contributed by atoms with Crippen LogP contribution < -0.4 is 5.73 Å². The van der Waals surface area contributed by atoms with Gasteiger partial charge in [0.25, 0.3) is 0 Å². The Morgan fingerprint density at radius 3 is 3.08 bits per heavy atom. The second kappa shape index (κ2) is 2.53. The van der Waals surface area contributed by atoms with Crippen molar-refractivity contribution in [3.63, 3.8) is 0 Å². The van der Waals surface area contributed by atoms with Gasteiger partial charge >= 0.3 is 0 Å². The standard InChI is InChI=1S/C7H6N4S/c8-7(12)5-4-6-9-2-1-3-11(6)10-5/h1-4H,(H2,8,12). The minimum Gasteiger partial charge on any atom is -0.388 e. The SMILES string of the molecule is NC(=S)c1cc2ncccn2n1. The zero-order valence-electron chi connectivity index (χ0n) is 6.14. The summed E-state index contributed by atoms with van der Waals surface area (Å²) < 4.78 is 1.63. The zero-order chi connectivity index (χ0) is 8.55. The van der Waals surface area contributed by atoms with Crippen molar-refractivity contribution in [1.29, 1.82) is 0 Å². The number of rotatable bonds is 1. The fourth-order valence-corrected chi connectivity index (χ4v) is 1.05. The van der Waals surface area contributed by atoms with Crippen LogP contribution in [0, 0.1) is 0 Å². The molecule has 0 fully saturated rings. The van der Waals surface area contributed by atoms with Crippen molar-refractivity contribution >= 4 is 22.9 Å². The summed E-state index contributed by atoms with van der Waals surface area (Å²) in [5.74, 6) is 0. The number of hydrogen-bond donors (Lipinski definition) is 1. The third-order valence-electron chi connectivity index (χ3n) is 1.49. The summed E-state index contributed by atoms with van der Waals surface area (Å²) in [7, 11) is 0. The van der Waals surface area contributed by atoms with E-state index in [1.807, 2.05) is 0 Å². The van der Waals surface area contributed by atoms with Crippen molar-refractivity contribution in [3.8, 4) is 0 Å². The molecule has 0 aromatic carbocycles. The Kier molecular flexibility index (Phi) is 1.51. The van der Waals surface area contributed by atoms with Crippen molar-refractivity contribution < 1.29 is 0 Å². The van der Waals surface area contributed by atoms with Crippen LogP contribution in [-0.2, 0) is 0 Å². The van der Waals surface area contributed by atoms with Crippen LogP contribution in [0.3, 0.4) is 0 Å².